The Morgan fingerprint density at radius 2 is 2.00 bits per heavy atom. The molecule has 20 heavy (non-hydrogen) atoms. The Morgan fingerprint density at radius 1 is 1.35 bits per heavy atom. The zero-order chi connectivity index (χ0) is 14.7. The second-order valence-corrected chi connectivity index (χ2v) is 4.71. The summed E-state index contributed by atoms with van der Waals surface area (Å²) in [4.78, 5) is 24.5. The van der Waals surface area contributed by atoms with Crippen molar-refractivity contribution >= 4 is 17.5 Å². The molecule has 1 saturated heterocycles. The Balaban J connectivity index is 1.94. The van der Waals surface area contributed by atoms with Crippen molar-refractivity contribution in [1.29, 1.82) is 0 Å². The van der Waals surface area contributed by atoms with Gasteiger partial charge in [-0.2, -0.15) is 0 Å². The van der Waals surface area contributed by atoms with Crippen molar-refractivity contribution in [1.82, 2.24) is 4.90 Å². The van der Waals surface area contributed by atoms with Crippen LogP contribution in [0.4, 0.5) is 5.69 Å². The SMILES string of the molecule is NC(=O)C1CC(O)CN1C(=O)COc1ccc(N)cc1. The molecule has 1 aromatic carbocycles. The number of aliphatic hydroxyl groups excluding tert-OH is 1. The van der Waals surface area contributed by atoms with Crippen LogP contribution in [0.3, 0.4) is 0 Å². The molecule has 1 heterocycles. The summed E-state index contributed by atoms with van der Waals surface area (Å²) in [5.41, 5.74) is 11.3. The maximum atomic E-state index is 12.0. The molecule has 0 radical (unpaired) electrons. The first kappa shape index (κ1) is 14.1. The number of hydrogen-bond acceptors (Lipinski definition) is 5. The number of nitrogen functional groups attached to an aromatic ring is 1. The highest BCUT2D eigenvalue weighted by molar-refractivity contribution is 5.88. The summed E-state index contributed by atoms with van der Waals surface area (Å²) < 4.78 is 5.32. The van der Waals surface area contributed by atoms with E-state index in [0.717, 1.165) is 0 Å². The number of rotatable bonds is 4. The average molecular weight is 279 g/mol. The number of carbonyl (C=O) groups is 2. The summed E-state index contributed by atoms with van der Waals surface area (Å²) in [6.07, 6.45) is -0.559. The van der Waals surface area contributed by atoms with Gasteiger partial charge in [0.05, 0.1) is 6.10 Å². The van der Waals surface area contributed by atoms with Crippen LogP contribution >= 0.6 is 0 Å². The quantitative estimate of drug-likeness (QED) is 0.617. The van der Waals surface area contributed by atoms with Crippen molar-refractivity contribution in [2.45, 2.75) is 18.6 Å². The Labute approximate surface area is 116 Å². The van der Waals surface area contributed by atoms with E-state index >= 15 is 0 Å². The fourth-order valence-electron chi connectivity index (χ4n) is 2.15. The van der Waals surface area contributed by atoms with Crippen molar-refractivity contribution in [2.24, 2.45) is 5.73 Å². The number of nitrogens with zero attached hydrogens (tertiary/aromatic N) is 1. The van der Waals surface area contributed by atoms with Gasteiger partial charge in [-0.15, -0.1) is 0 Å². The molecule has 0 saturated carbocycles. The van der Waals surface area contributed by atoms with Crippen LogP contribution in [0.5, 0.6) is 5.75 Å². The molecule has 2 rings (SSSR count). The molecule has 0 aromatic heterocycles. The smallest absolute Gasteiger partial charge is 0.261 e. The second-order valence-electron chi connectivity index (χ2n) is 4.71. The van der Waals surface area contributed by atoms with Crippen LogP contribution in [0.1, 0.15) is 6.42 Å². The lowest BCUT2D eigenvalue weighted by atomic mass is 10.2. The largest absolute Gasteiger partial charge is 0.484 e. The standard InChI is InChI=1S/C13H17N3O4/c14-8-1-3-10(4-2-8)20-7-12(18)16-6-9(17)5-11(16)13(15)19/h1-4,9,11,17H,5-7,14H2,(H2,15,19). The van der Waals surface area contributed by atoms with Crippen LogP contribution in [0, 0.1) is 0 Å². The zero-order valence-corrected chi connectivity index (χ0v) is 10.9. The fourth-order valence-corrected chi connectivity index (χ4v) is 2.15. The molecule has 108 valence electrons. The summed E-state index contributed by atoms with van der Waals surface area (Å²) in [6.45, 7) is -0.127. The molecular weight excluding hydrogens is 262 g/mol. The molecule has 0 aliphatic carbocycles. The molecule has 0 bridgehead atoms. The number of hydrogen-bond donors (Lipinski definition) is 3. The number of carbonyl (C=O) groups excluding carboxylic acids is 2. The number of nitrogens with two attached hydrogens (primary N) is 2. The predicted octanol–water partition coefficient (Wildman–Crippen LogP) is -0.905. The Bertz CT molecular complexity index is 503. The zero-order valence-electron chi connectivity index (χ0n) is 10.9. The Morgan fingerprint density at radius 3 is 2.60 bits per heavy atom. The van der Waals surface area contributed by atoms with Crippen LogP contribution in [-0.2, 0) is 9.59 Å². The minimum absolute atomic E-state index is 0.0948. The van der Waals surface area contributed by atoms with Gasteiger partial charge in [-0.3, -0.25) is 9.59 Å². The summed E-state index contributed by atoms with van der Waals surface area (Å²) in [5, 5.41) is 9.53. The molecule has 1 aliphatic heterocycles. The van der Waals surface area contributed by atoms with Crippen molar-refractivity contribution in [3.8, 4) is 5.75 Å². The minimum atomic E-state index is -0.771. The third-order valence-electron chi connectivity index (χ3n) is 3.17. The van der Waals surface area contributed by atoms with E-state index in [-0.39, 0.29) is 25.5 Å². The van der Waals surface area contributed by atoms with Crippen LogP contribution in [0.25, 0.3) is 0 Å². The maximum Gasteiger partial charge on any atom is 0.261 e. The number of anilines is 1. The molecule has 1 fully saturated rings. The Kier molecular flexibility index (Phi) is 4.09. The first-order chi connectivity index (χ1) is 9.47. The van der Waals surface area contributed by atoms with Crippen LogP contribution in [-0.4, -0.2) is 47.1 Å². The molecule has 2 atom stereocenters. The van der Waals surface area contributed by atoms with Crippen molar-refractivity contribution in [2.75, 3.05) is 18.9 Å². The van der Waals surface area contributed by atoms with Gasteiger partial charge in [0.25, 0.3) is 5.91 Å². The third-order valence-corrected chi connectivity index (χ3v) is 3.17. The van der Waals surface area contributed by atoms with Gasteiger partial charge >= 0.3 is 0 Å². The lowest BCUT2D eigenvalue weighted by Gasteiger charge is -2.21. The minimum Gasteiger partial charge on any atom is -0.484 e. The molecule has 1 aliphatic rings. The number of β-amino-alcohol motifs (C(OH)–C–C–N with tert-alkyl or cyclic N) is 1. The fraction of sp³-hybridized carbons (Fsp3) is 0.385. The number of benzene rings is 1. The highest BCUT2D eigenvalue weighted by Gasteiger charge is 2.37. The van der Waals surface area contributed by atoms with E-state index in [2.05, 4.69) is 0 Å². The molecule has 1 aromatic rings. The maximum absolute atomic E-state index is 12.0. The van der Waals surface area contributed by atoms with Gasteiger partial charge in [0.15, 0.2) is 6.61 Å². The average Bonchev–Trinajstić information content (AvgIpc) is 2.80. The third kappa shape index (κ3) is 3.18. The first-order valence-corrected chi connectivity index (χ1v) is 6.22. The van der Waals surface area contributed by atoms with Gasteiger partial charge in [-0.25, -0.2) is 0 Å². The highest BCUT2D eigenvalue weighted by Crippen LogP contribution is 2.18. The van der Waals surface area contributed by atoms with Gasteiger partial charge < -0.3 is 26.2 Å². The number of amides is 2. The van der Waals surface area contributed by atoms with Gasteiger partial charge in [-0.05, 0) is 24.3 Å². The van der Waals surface area contributed by atoms with Crippen LogP contribution < -0.4 is 16.2 Å². The van der Waals surface area contributed by atoms with Gasteiger partial charge in [0.1, 0.15) is 11.8 Å². The lowest BCUT2D eigenvalue weighted by Crippen LogP contribution is -2.45. The van der Waals surface area contributed by atoms with Gasteiger partial charge in [0, 0.05) is 18.7 Å². The number of ether oxygens (including phenoxy) is 1. The second kappa shape index (κ2) is 5.79. The summed E-state index contributed by atoms with van der Waals surface area (Å²) in [7, 11) is 0. The van der Waals surface area contributed by atoms with E-state index in [0.29, 0.717) is 11.4 Å². The van der Waals surface area contributed by atoms with Crippen molar-refractivity contribution in [3.05, 3.63) is 24.3 Å². The molecular formula is C13H17N3O4. The van der Waals surface area contributed by atoms with E-state index in [1.165, 1.54) is 4.90 Å². The summed E-state index contributed by atoms with van der Waals surface area (Å²) in [5.74, 6) is -0.507. The first-order valence-electron chi connectivity index (χ1n) is 6.22. The number of primary amides is 1. The summed E-state index contributed by atoms with van der Waals surface area (Å²) >= 11 is 0. The summed E-state index contributed by atoms with van der Waals surface area (Å²) in [6, 6.07) is 5.84. The topological polar surface area (TPSA) is 119 Å². The molecule has 0 spiro atoms. The van der Waals surface area contributed by atoms with E-state index in [9.17, 15) is 14.7 Å². The monoisotopic (exact) mass is 279 g/mol. The molecule has 7 heteroatoms. The highest BCUT2D eigenvalue weighted by atomic mass is 16.5. The molecule has 2 amide bonds. The Hall–Kier alpha value is -2.28. The van der Waals surface area contributed by atoms with E-state index in [1.807, 2.05) is 0 Å². The van der Waals surface area contributed by atoms with Gasteiger partial charge in [-0.1, -0.05) is 0 Å². The van der Waals surface area contributed by atoms with E-state index in [1.54, 1.807) is 24.3 Å². The normalized spacial score (nSPS) is 21.8. The van der Waals surface area contributed by atoms with Crippen LogP contribution in [0.15, 0.2) is 24.3 Å². The van der Waals surface area contributed by atoms with E-state index < -0.39 is 18.1 Å². The van der Waals surface area contributed by atoms with Crippen molar-refractivity contribution in [3.63, 3.8) is 0 Å². The van der Waals surface area contributed by atoms with Gasteiger partial charge in [0.2, 0.25) is 5.91 Å². The molecule has 2 unspecified atom stereocenters. The van der Waals surface area contributed by atoms with Crippen molar-refractivity contribution < 1.29 is 19.4 Å². The molecule has 5 N–H and O–H groups in total. The lowest BCUT2D eigenvalue weighted by molar-refractivity contribution is -0.139. The number of aliphatic hydroxyl groups is 1. The molecule has 7 nitrogen and oxygen atoms in total. The van der Waals surface area contributed by atoms with E-state index in [4.69, 9.17) is 16.2 Å². The number of likely N-dealkylation sites (tertiary alicyclic amines) is 1. The van der Waals surface area contributed by atoms with Crippen LogP contribution in [0.2, 0.25) is 0 Å². The predicted molar refractivity (Wildman–Crippen MR) is 71.7 cm³/mol.